The molecule has 1 aromatic carbocycles. The third-order valence-electron chi connectivity index (χ3n) is 4.71. The smallest absolute Gasteiger partial charge is 0.397 e. The van der Waals surface area contributed by atoms with Crippen molar-refractivity contribution in [2.45, 2.75) is 31.9 Å². The Balaban J connectivity index is 1.72. The van der Waals surface area contributed by atoms with Gasteiger partial charge in [0.25, 0.3) is 0 Å². The molecule has 3 unspecified atom stereocenters. The van der Waals surface area contributed by atoms with Crippen LogP contribution in [0.4, 0.5) is 24.5 Å². The predicted octanol–water partition coefficient (Wildman–Crippen LogP) is 3.66. The Morgan fingerprint density at radius 1 is 1.24 bits per heavy atom. The summed E-state index contributed by atoms with van der Waals surface area (Å²) in [6.07, 6.45) is -0.180. The van der Waals surface area contributed by atoms with Crippen LogP contribution in [0.25, 0.3) is 0 Å². The Bertz CT molecular complexity index is 571. The fourth-order valence-corrected chi connectivity index (χ4v) is 3.64. The molecular formula is C15H17F3N2O. The first kappa shape index (κ1) is 14.2. The van der Waals surface area contributed by atoms with E-state index in [0.29, 0.717) is 11.8 Å². The Morgan fingerprint density at radius 3 is 2.52 bits per heavy atom. The molecule has 21 heavy (non-hydrogen) atoms. The first-order chi connectivity index (χ1) is 9.84. The zero-order chi connectivity index (χ0) is 15.2. The van der Waals surface area contributed by atoms with E-state index in [9.17, 15) is 18.0 Å². The fraction of sp³-hybridized carbons (Fsp3) is 0.533. The molecule has 114 valence electrons. The van der Waals surface area contributed by atoms with E-state index in [1.807, 2.05) is 0 Å². The number of nitrogen functional groups attached to an aromatic ring is 1. The van der Waals surface area contributed by atoms with Gasteiger partial charge in [0.2, 0.25) is 5.91 Å². The van der Waals surface area contributed by atoms with Gasteiger partial charge in [-0.2, -0.15) is 13.2 Å². The van der Waals surface area contributed by atoms with Gasteiger partial charge in [-0.15, -0.1) is 0 Å². The number of hydrogen-bond donors (Lipinski definition) is 2. The van der Waals surface area contributed by atoms with Crippen LogP contribution < -0.4 is 11.1 Å². The maximum absolute atomic E-state index is 12.6. The van der Waals surface area contributed by atoms with Crippen LogP contribution in [0.5, 0.6) is 0 Å². The van der Waals surface area contributed by atoms with Gasteiger partial charge in [0.1, 0.15) is 0 Å². The molecule has 0 aromatic heterocycles. The summed E-state index contributed by atoms with van der Waals surface area (Å²) >= 11 is 0. The van der Waals surface area contributed by atoms with Crippen LogP contribution in [0.3, 0.4) is 0 Å². The average molecular weight is 298 g/mol. The van der Waals surface area contributed by atoms with E-state index in [0.717, 1.165) is 31.4 Å². The standard InChI is InChI=1S/C15H17F3N2O/c16-15(17,18)10-3-4-13(12(19)7-10)20-14(21)11-6-8-1-2-9(11)5-8/h3-4,7-9,11H,1-2,5-6,19H2,(H,20,21). The molecule has 6 heteroatoms. The summed E-state index contributed by atoms with van der Waals surface area (Å²) in [4.78, 5) is 12.2. The number of alkyl halides is 3. The normalized spacial score (nSPS) is 27.9. The molecule has 0 aliphatic heterocycles. The molecule has 3 N–H and O–H groups in total. The first-order valence-electron chi connectivity index (χ1n) is 7.12. The van der Waals surface area contributed by atoms with Gasteiger partial charge in [0.15, 0.2) is 0 Å². The minimum atomic E-state index is -4.43. The monoisotopic (exact) mass is 298 g/mol. The molecule has 2 fully saturated rings. The summed E-state index contributed by atoms with van der Waals surface area (Å²) in [5.74, 6) is 0.917. The van der Waals surface area contributed by atoms with Crippen LogP contribution in [-0.2, 0) is 11.0 Å². The Hall–Kier alpha value is -1.72. The van der Waals surface area contributed by atoms with Crippen LogP contribution in [0.2, 0.25) is 0 Å². The topological polar surface area (TPSA) is 55.1 Å². The van der Waals surface area contributed by atoms with Crippen molar-refractivity contribution in [1.82, 2.24) is 0 Å². The number of amides is 1. The summed E-state index contributed by atoms with van der Waals surface area (Å²) in [6, 6.07) is 3.02. The summed E-state index contributed by atoms with van der Waals surface area (Å²) < 4.78 is 37.7. The molecule has 3 nitrogen and oxygen atoms in total. The molecule has 2 aliphatic carbocycles. The van der Waals surface area contributed by atoms with E-state index < -0.39 is 11.7 Å². The SMILES string of the molecule is Nc1cc(C(F)(F)F)ccc1NC(=O)C1CC2CCC1C2. The Labute approximate surface area is 120 Å². The van der Waals surface area contributed by atoms with Crippen LogP contribution in [0.15, 0.2) is 18.2 Å². The summed E-state index contributed by atoms with van der Waals surface area (Å²) in [5.41, 5.74) is 5.02. The summed E-state index contributed by atoms with van der Waals surface area (Å²) in [6.45, 7) is 0. The van der Waals surface area contributed by atoms with Crippen molar-refractivity contribution < 1.29 is 18.0 Å². The van der Waals surface area contributed by atoms with Gasteiger partial charge in [-0.1, -0.05) is 6.42 Å². The van der Waals surface area contributed by atoms with Gasteiger partial charge < -0.3 is 11.1 Å². The lowest BCUT2D eigenvalue weighted by Gasteiger charge is -2.21. The molecular weight excluding hydrogens is 281 g/mol. The number of fused-ring (bicyclic) bond motifs is 2. The van der Waals surface area contributed by atoms with E-state index in [2.05, 4.69) is 5.32 Å². The second-order valence-corrected chi connectivity index (χ2v) is 6.07. The number of hydrogen-bond acceptors (Lipinski definition) is 2. The number of anilines is 2. The maximum Gasteiger partial charge on any atom is 0.416 e. The second kappa shape index (κ2) is 4.93. The quantitative estimate of drug-likeness (QED) is 0.819. The summed E-state index contributed by atoms with van der Waals surface area (Å²) in [5, 5.41) is 2.68. The van der Waals surface area contributed by atoms with E-state index in [4.69, 9.17) is 5.73 Å². The Kier molecular flexibility index (Phi) is 3.34. The third-order valence-corrected chi connectivity index (χ3v) is 4.71. The van der Waals surface area contributed by atoms with Crippen molar-refractivity contribution in [3.8, 4) is 0 Å². The molecule has 3 rings (SSSR count). The van der Waals surface area contributed by atoms with Gasteiger partial charge in [-0.05, 0) is 49.3 Å². The highest BCUT2D eigenvalue weighted by atomic mass is 19.4. The van der Waals surface area contributed by atoms with E-state index >= 15 is 0 Å². The van der Waals surface area contributed by atoms with Crippen LogP contribution in [-0.4, -0.2) is 5.91 Å². The molecule has 1 aromatic rings. The van der Waals surface area contributed by atoms with Gasteiger partial charge in [0.05, 0.1) is 16.9 Å². The van der Waals surface area contributed by atoms with Crippen LogP contribution >= 0.6 is 0 Å². The molecule has 2 saturated carbocycles. The average Bonchev–Trinajstić information content (AvgIpc) is 3.02. The molecule has 0 heterocycles. The summed E-state index contributed by atoms with van der Waals surface area (Å²) in [7, 11) is 0. The van der Waals surface area contributed by atoms with Gasteiger partial charge in [-0.25, -0.2) is 0 Å². The molecule has 1 amide bonds. The van der Waals surface area contributed by atoms with Crippen molar-refractivity contribution in [3.63, 3.8) is 0 Å². The van der Waals surface area contributed by atoms with Crippen LogP contribution in [0.1, 0.15) is 31.2 Å². The van der Waals surface area contributed by atoms with Crippen molar-refractivity contribution in [3.05, 3.63) is 23.8 Å². The number of halogens is 3. The zero-order valence-electron chi connectivity index (χ0n) is 11.4. The van der Waals surface area contributed by atoms with Gasteiger partial charge >= 0.3 is 6.18 Å². The van der Waals surface area contributed by atoms with Gasteiger partial charge in [-0.3, -0.25) is 4.79 Å². The number of rotatable bonds is 2. The van der Waals surface area contributed by atoms with Crippen molar-refractivity contribution in [2.75, 3.05) is 11.1 Å². The lowest BCUT2D eigenvalue weighted by Crippen LogP contribution is -2.27. The molecule has 0 radical (unpaired) electrons. The molecule has 2 bridgehead atoms. The van der Waals surface area contributed by atoms with E-state index in [-0.39, 0.29) is 23.2 Å². The van der Waals surface area contributed by atoms with E-state index in [1.54, 1.807) is 0 Å². The van der Waals surface area contributed by atoms with E-state index in [1.165, 1.54) is 12.5 Å². The maximum atomic E-state index is 12.6. The third kappa shape index (κ3) is 2.71. The largest absolute Gasteiger partial charge is 0.416 e. The number of carbonyl (C=O) groups excluding carboxylic acids is 1. The number of carbonyl (C=O) groups is 1. The lowest BCUT2D eigenvalue weighted by molar-refractivity contribution is -0.137. The Morgan fingerprint density at radius 2 is 2.00 bits per heavy atom. The first-order valence-corrected chi connectivity index (χ1v) is 7.12. The number of nitrogens with two attached hydrogens (primary N) is 1. The highest BCUT2D eigenvalue weighted by molar-refractivity contribution is 5.95. The zero-order valence-corrected chi connectivity index (χ0v) is 11.4. The molecule has 3 atom stereocenters. The molecule has 2 aliphatic rings. The minimum absolute atomic E-state index is 0.0227. The molecule has 0 saturated heterocycles. The van der Waals surface area contributed by atoms with Crippen molar-refractivity contribution in [2.24, 2.45) is 17.8 Å². The van der Waals surface area contributed by atoms with Crippen LogP contribution in [0, 0.1) is 17.8 Å². The highest BCUT2D eigenvalue weighted by Crippen LogP contribution is 2.48. The fourth-order valence-electron chi connectivity index (χ4n) is 3.64. The number of benzene rings is 1. The molecule has 0 spiro atoms. The highest BCUT2D eigenvalue weighted by Gasteiger charge is 2.43. The van der Waals surface area contributed by atoms with Gasteiger partial charge in [0, 0.05) is 5.92 Å². The van der Waals surface area contributed by atoms with Crippen molar-refractivity contribution in [1.29, 1.82) is 0 Å². The predicted molar refractivity (Wildman–Crippen MR) is 73.4 cm³/mol. The lowest BCUT2D eigenvalue weighted by atomic mass is 9.88. The second-order valence-electron chi connectivity index (χ2n) is 6.07. The number of nitrogens with one attached hydrogen (secondary N) is 1. The minimum Gasteiger partial charge on any atom is -0.397 e. The van der Waals surface area contributed by atoms with Crippen molar-refractivity contribution >= 4 is 17.3 Å².